The van der Waals surface area contributed by atoms with Gasteiger partial charge in [0.2, 0.25) is 0 Å². The molecular formula is C9H14IN3. The van der Waals surface area contributed by atoms with Crippen LogP contribution in [-0.2, 0) is 0 Å². The molecule has 0 bridgehead atoms. The first-order chi connectivity index (χ1) is 6.16. The molecular weight excluding hydrogens is 277 g/mol. The van der Waals surface area contributed by atoms with Crippen LogP contribution in [0.2, 0.25) is 0 Å². The van der Waals surface area contributed by atoms with Gasteiger partial charge >= 0.3 is 0 Å². The largest absolute Gasteiger partial charge is 0.327 e. The van der Waals surface area contributed by atoms with E-state index in [1.54, 1.807) is 6.33 Å². The van der Waals surface area contributed by atoms with E-state index in [0.29, 0.717) is 5.92 Å². The molecule has 0 spiro atoms. The number of hydrogen-bond acceptors (Lipinski definition) is 3. The standard InChI is InChI=1S/C9H14IN3/c1-3-8(11)6(2)9-7(10)4-12-5-13-9/h4-6,8H,3,11H2,1-2H3. The van der Waals surface area contributed by atoms with E-state index in [-0.39, 0.29) is 6.04 Å². The molecule has 2 atom stereocenters. The molecule has 1 aromatic heterocycles. The second kappa shape index (κ2) is 4.85. The van der Waals surface area contributed by atoms with Crippen LogP contribution in [-0.4, -0.2) is 16.0 Å². The Bertz CT molecular complexity index is 277. The van der Waals surface area contributed by atoms with Crippen LogP contribution in [0.4, 0.5) is 0 Å². The average molecular weight is 291 g/mol. The number of aromatic nitrogens is 2. The topological polar surface area (TPSA) is 51.8 Å². The number of hydrogen-bond donors (Lipinski definition) is 1. The molecule has 0 saturated carbocycles. The lowest BCUT2D eigenvalue weighted by molar-refractivity contribution is 0.537. The van der Waals surface area contributed by atoms with E-state index in [1.807, 2.05) is 6.20 Å². The fourth-order valence-electron chi connectivity index (χ4n) is 1.21. The maximum absolute atomic E-state index is 5.95. The van der Waals surface area contributed by atoms with Crippen LogP contribution >= 0.6 is 22.6 Å². The van der Waals surface area contributed by atoms with Crippen molar-refractivity contribution in [3.8, 4) is 0 Å². The van der Waals surface area contributed by atoms with Crippen molar-refractivity contribution in [2.75, 3.05) is 0 Å². The van der Waals surface area contributed by atoms with Crippen LogP contribution in [0, 0.1) is 3.57 Å². The monoisotopic (exact) mass is 291 g/mol. The van der Waals surface area contributed by atoms with Gasteiger partial charge in [-0.1, -0.05) is 13.8 Å². The van der Waals surface area contributed by atoms with Gasteiger partial charge in [0.05, 0.1) is 9.26 Å². The third-order valence-electron chi connectivity index (χ3n) is 2.24. The Morgan fingerprint density at radius 1 is 1.62 bits per heavy atom. The highest BCUT2D eigenvalue weighted by Crippen LogP contribution is 2.21. The summed E-state index contributed by atoms with van der Waals surface area (Å²) >= 11 is 2.24. The van der Waals surface area contributed by atoms with Gasteiger partial charge in [-0.25, -0.2) is 9.97 Å². The smallest absolute Gasteiger partial charge is 0.115 e. The zero-order valence-corrected chi connectivity index (χ0v) is 10.0. The first-order valence-electron chi connectivity index (χ1n) is 4.37. The second-order valence-corrected chi connectivity index (χ2v) is 4.28. The van der Waals surface area contributed by atoms with Gasteiger partial charge < -0.3 is 5.73 Å². The number of nitrogens with zero attached hydrogens (tertiary/aromatic N) is 2. The molecule has 1 heterocycles. The highest BCUT2D eigenvalue weighted by Gasteiger charge is 2.16. The van der Waals surface area contributed by atoms with Crippen molar-refractivity contribution in [1.29, 1.82) is 0 Å². The van der Waals surface area contributed by atoms with Crippen LogP contribution in [0.3, 0.4) is 0 Å². The molecule has 2 unspecified atom stereocenters. The molecule has 0 aliphatic heterocycles. The van der Waals surface area contributed by atoms with Crippen molar-refractivity contribution in [2.45, 2.75) is 32.2 Å². The lowest BCUT2D eigenvalue weighted by Crippen LogP contribution is -2.26. The van der Waals surface area contributed by atoms with Gasteiger partial charge in [-0.2, -0.15) is 0 Å². The SMILES string of the molecule is CCC(N)C(C)c1ncncc1I. The van der Waals surface area contributed by atoms with E-state index < -0.39 is 0 Å². The molecule has 0 saturated heterocycles. The molecule has 0 fully saturated rings. The zero-order valence-electron chi connectivity index (χ0n) is 7.87. The molecule has 0 amide bonds. The average Bonchev–Trinajstić information content (AvgIpc) is 2.16. The predicted octanol–water partition coefficient (Wildman–Crippen LogP) is 1.92. The van der Waals surface area contributed by atoms with Gasteiger partial charge in [0.1, 0.15) is 6.33 Å². The molecule has 2 N–H and O–H groups in total. The summed E-state index contributed by atoms with van der Waals surface area (Å²) in [6, 6.07) is 0.184. The van der Waals surface area contributed by atoms with Crippen molar-refractivity contribution >= 4 is 22.6 Å². The van der Waals surface area contributed by atoms with Crippen molar-refractivity contribution < 1.29 is 0 Å². The van der Waals surface area contributed by atoms with Crippen LogP contribution in [0.1, 0.15) is 31.9 Å². The summed E-state index contributed by atoms with van der Waals surface area (Å²) in [6.07, 6.45) is 4.37. The van der Waals surface area contributed by atoms with Gasteiger partial charge in [-0.3, -0.25) is 0 Å². The Balaban J connectivity index is 2.88. The van der Waals surface area contributed by atoms with E-state index in [2.05, 4.69) is 46.4 Å². The van der Waals surface area contributed by atoms with E-state index in [4.69, 9.17) is 5.73 Å². The van der Waals surface area contributed by atoms with Gasteiger partial charge in [-0.05, 0) is 29.0 Å². The minimum Gasteiger partial charge on any atom is -0.327 e. The fraction of sp³-hybridized carbons (Fsp3) is 0.556. The summed E-state index contributed by atoms with van der Waals surface area (Å²) in [6.45, 7) is 4.20. The van der Waals surface area contributed by atoms with Crippen molar-refractivity contribution in [2.24, 2.45) is 5.73 Å². The van der Waals surface area contributed by atoms with Crippen LogP contribution < -0.4 is 5.73 Å². The van der Waals surface area contributed by atoms with Gasteiger partial charge in [-0.15, -0.1) is 0 Å². The van der Waals surface area contributed by atoms with Crippen molar-refractivity contribution in [1.82, 2.24) is 9.97 Å². The normalized spacial score (nSPS) is 15.4. The molecule has 0 aromatic carbocycles. The zero-order chi connectivity index (χ0) is 9.84. The van der Waals surface area contributed by atoms with E-state index in [0.717, 1.165) is 15.7 Å². The van der Waals surface area contributed by atoms with Gasteiger partial charge in [0, 0.05) is 18.2 Å². The summed E-state index contributed by atoms with van der Waals surface area (Å²) < 4.78 is 1.09. The predicted molar refractivity (Wildman–Crippen MR) is 61.4 cm³/mol. The third-order valence-corrected chi connectivity index (χ3v) is 3.07. The molecule has 0 aliphatic rings. The second-order valence-electron chi connectivity index (χ2n) is 3.12. The lowest BCUT2D eigenvalue weighted by atomic mass is 9.97. The molecule has 1 aromatic rings. The Hall–Kier alpha value is -0.230. The minimum absolute atomic E-state index is 0.184. The number of rotatable bonds is 3. The molecule has 1 rings (SSSR count). The highest BCUT2D eigenvalue weighted by molar-refractivity contribution is 14.1. The lowest BCUT2D eigenvalue weighted by Gasteiger charge is -2.18. The molecule has 0 radical (unpaired) electrons. The van der Waals surface area contributed by atoms with Crippen LogP contribution in [0.5, 0.6) is 0 Å². The Kier molecular flexibility index (Phi) is 4.05. The van der Waals surface area contributed by atoms with Gasteiger partial charge in [0.25, 0.3) is 0 Å². The van der Waals surface area contributed by atoms with E-state index in [1.165, 1.54) is 0 Å². The van der Waals surface area contributed by atoms with Crippen LogP contribution in [0.15, 0.2) is 12.5 Å². The molecule has 3 nitrogen and oxygen atoms in total. The Morgan fingerprint density at radius 2 is 2.31 bits per heavy atom. The molecule has 13 heavy (non-hydrogen) atoms. The third kappa shape index (κ3) is 2.60. The Morgan fingerprint density at radius 3 is 2.85 bits per heavy atom. The van der Waals surface area contributed by atoms with E-state index >= 15 is 0 Å². The number of halogens is 1. The van der Waals surface area contributed by atoms with Gasteiger partial charge in [0.15, 0.2) is 0 Å². The summed E-state index contributed by atoms with van der Waals surface area (Å²) in [5.74, 6) is 0.305. The minimum atomic E-state index is 0.184. The Labute approximate surface area is 92.3 Å². The summed E-state index contributed by atoms with van der Waals surface area (Å²) in [5, 5.41) is 0. The summed E-state index contributed by atoms with van der Waals surface area (Å²) in [4.78, 5) is 8.20. The summed E-state index contributed by atoms with van der Waals surface area (Å²) in [5.41, 5.74) is 7.01. The fourth-order valence-corrected chi connectivity index (χ4v) is 2.00. The van der Waals surface area contributed by atoms with E-state index in [9.17, 15) is 0 Å². The first-order valence-corrected chi connectivity index (χ1v) is 5.45. The first kappa shape index (κ1) is 10.8. The molecule has 0 aliphatic carbocycles. The van der Waals surface area contributed by atoms with Crippen molar-refractivity contribution in [3.05, 3.63) is 21.8 Å². The maximum atomic E-state index is 5.95. The highest BCUT2D eigenvalue weighted by atomic mass is 127. The molecule has 4 heteroatoms. The number of nitrogens with two attached hydrogens (primary N) is 1. The van der Waals surface area contributed by atoms with Crippen molar-refractivity contribution in [3.63, 3.8) is 0 Å². The van der Waals surface area contributed by atoms with Crippen LogP contribution in [0.25, 0.3) is 0 Å². The molecule has 72 valence electrons. The maximum Gasteiger partial charge on any atom is 0.115 e. The summed E-state index contributed by atoms with van der Waals surface area (Å²) in [7, 11) is 0. The quantitative estimate of drug-likeness (QED) is 0.866.